The van der Waals surface area contributed by atoms with Crippen molar-refractivity contribution in [2.75, 3.05) is 25.1 Å². The average Bonchev–Trinajstić information content (AvgIpc) is 2.25. The molecule has 0 saturated carbocycles. The van der Waals surface area contributed by atoms with Crippen LogP contribution in [0.2, 0.25) is 0 Å². The SMILES string of the molecule is CC(C)COCCCNc1ncc(Br)cc1F. The number of hydrogen-bond donors (Lipinski definition) is 1. The first-order chi connectivity index (χ1) is 8.09. The van der Waals surface area contributed by atoms with Crippen molar-refractivity contribution in [2.24, 2.45) is 5.92 Å². The maximum Gasteiger partial charge on any atom is 0.166 e. The van der Waals surface area contributed by atoms with E-state index in [0.717, 1.165) is 13.0 Å². The highest BCUT2D eigenvalue weighted by molar-refractivity contribution is 9.10. The Balaban J connectivity index is 2.18. The third-order valence-corrected chi connectivity index (χ3v) is 2.45. The Labute approximate surface area is 110 Å². The Kier molecular flexibility index (Phi) is 6.44. The van der Waals surface area contributed by atoms with Gasteiger partial charge < -0.3 is 10.1 Å². The van der Waals surface area contributed by atoms with Crippen LogP contribution in [-0.4, -0.2) is 24.7 Å². The standard InChI is InChI=1S/C12H18BrFN2O/c1-9(2)8-17-5-3-4-15-12-11(14)6-10(13)7-16-12/h6-7,9H,3-5,8H2,1-2H3,(H,15,16). The molecule has 1 rings (SSSR count). The van der Waals surface area contributed by atoms with E-state index in [1.54, 1.807) is 6.20 Å². The number of rotatable bonds is 7. The van der Waals surface area contributed by atoms with Gasteiger partial charge in [0.2, 0.25) is 0 Å². The summed E-state index contributed by atoms with van der Waals surface area (Å²) in [6.07, 6.45) is 2.41. The average molecular weight is 305 g/mol. The van der Waals surface area contributed by atoms with Crippen molar-refractivity contribution in [1.82, 2.24) is 4.98 Å². The van der Waals surface area contributed by atoms with Crippen LogP contribution in [0, 0.1) is 11.7 Å². The number of ether oxygens (including phenoxy) is 1. The third kappa shape index (κ3) is 5.98. The minimum atomic E-state index is -0.345. The normalized spacial score (nSPS) is 10.9. The van der Waals surface area contributed by atoms with Crippen LogP contribution in [0.1, 0.15) is 20.3 Å². The Morgan fingerprint density at radius 2 is 2.29 bits per heavy atom. The number of aromatic nitrogens is 1. The van der Waals surface area contributed by atoms with E-state index in [4.69, 9.17) is 4.74 Å². The monoisotopic (exact) mass is 304 g/mol. The summed E-state index contributed by atoms with van der Waals surface area (Å²) in [5, 5.41) is 2.94. The van der Waals surface area contributed by atoms with Gasteiger partial charge in [-0.15, -0.1) is 0 Å². The summed E-state index contributed by atoms with van der Waals surface area (Å²) in [7, 11) is 0. The maximum atomic E-state index is 13.3. The first-order valence-electron chi connectivity index (χ1n) is 5.72. The number of hydrogen-bond acceptors (Lipinski definition) is 3. The van der Waals surface area contributed by atoms with Crippen molar-refractivity contribution >= 4 is 21.7 Å². The summed E-state index contributed by atoms with van der Waals surface area (Å²) in [6, 6.07) is 1.39. The molecule has 0 bridgehead atoms. The molecule has 0 aliphatic rings. The molecule has 0 spiro atoms. The van der Waals surface area contributed by atoms with Crippen molar-refractivity contribution in [3.63, 3.8) is 0 Å². The molecule has 5 heteroatoms. The zero-order valence-corrected chi connectivity index (χ0v) is 11.8. The van der Waals surface area contributed by atoms with E-state index in [1.807, 2.05) is 0 Å². The molecule has 96 valence electrons. The topological polar surface area (TPSA) is 34.1 Å². The van der Waals surface area contributed by atoms with E-state index in [2.05, 4.69) is 40.1 Å². The number of nitrogens with one attached hydrogen (secondary N) is 1. The van der Waals surface area contributed by atoms with Gasteiger partial charge in [0.15, 0.2) is 11.6 Å². The predicted molar refractivity (Wildman–Crippen MR) is 70.7 cm³/mol. The van der Waals surface area contributed by atoms with Gasteiger partial charge in [-0.25, -0.2) is 9.37 Å². The van der Waals surface area contributed by atoms with Crippen molar-refractivity contribution in [2.45, 2.75) is 20.3 Å². The molecule has 0 aliphatic carbocycles. The second kappa shape index (κ2) is 7.61. The highest BCUT2D eigenvalue weighted by Crippen LogP contribution is 2.15. The molecule has 1 heterocycles. The van der Waals surface area contributed by atoms with Crippen LogP contribution in [0.15, 0.2) is 16.7 Å². The summed E-state index contributed by atoms with van der Waals surface area (Å²) < 4.78 is 19.4. The quantitative estimate of drug-likeness (QED) is 0.783. The Morgan fingerprint density at radius 1 is 1.53 bits per heavy atom. The molecule has 0 radical (unpaired) electrons. The minimum Gasteiger partial charge on any atom is -0.381 e. The van der Waals surface area contributed by atoms with Crippen LogP contribution in [0.5, 0.6) is 0 Å². The molecule has 1 aromatic heterocycles. The summed E-state index contributed by atoms with van der Waals surface area (Å²) in [6.45, 7) is 6.33. The lowest BCUT2D eigenvalue weighted by Gasteiger charge is -2.08. The molecule has 1 aromatic rings. The molecule has 0 amide bonds. The first-order valence-corrected chi connectivity index (χ1v) is 6.51. The van der Waals surface area contributed by atoms with Gasteiger partial charge in [-0.05, 0) is 34.3 Å². The van der Waals surface area contributed by atoms with Crippen molar-refractivity contribution in [3.05, 3.63) is 22.6 Å². The summed E-state index contributed by atoms with van der Waals surface area (Å²) in [4.78, 5) is 3.95. The van der Waals surface area contributed by atoms with Gasteiger partial charge in [-0.3, -0.25) is 0 Å². The molecule has 0 atom stereocenters. The largest absolute Gasteiger partial charge is 0.381 e. The molecule has 1 N–H and O–H groups in total. The van der Waals surface area contributed by atoms with E-state index in [-0.39, 0.29) is 11.6 Å². The molecule has 0 fully saturated rings. The van der Waals surface area contributed by atoms with Gasteiger partial charge in [-0.2, -0.15) is 0 Å². The second-order valence-electron chi connectivity index (χ2n) is 4.23. The van der Waals surface area contributed by atoms with Crippen molar-refractivity contribution < 1.29 is 9.13 Å². The molecule has 0 saturated heterocycles. The lowest BCUT2D eigenvalue weighted by Crippen LogP contribution is -2.10. The van der Waals surface area contributed by atoms with Gasteiger partial charge in [0.1, 0.15) is 0 Å². The minimum absolute atomic E-state index is 0.289. The first kappa shape index (κ1) is 14.4. The Morgan fingerprint density at radius 3 is 2.94 bits per heavy atom. The fourth-order valence-electron chi connectivity index (χ4n) is 1.24. The fraction of sp³-hybridized carbons (Fsp3) is 0.583. The van der Waals surface area contributed by atoms with E-state index in [0.29, 0.717) is 23.5 Å². The van der Waals surface area contributed by atoms with Gasteiger partial charge in [0.25, 0.3) is 0 Å². The molecule has 0 aromatic carbocycles. The highest BCUT2D eigenvalue weighted by Gasteiger charge is 2.03. The zero-order valence-electron chi connectivity index (χ0n) is 10.2. The van der Waals surface area contributed by atoms with E-state index >= 15 is 0 Å². The van der Waals surface area contributed by atoms with Crippen LogP contribution in [0.3, 0.4) is 0 Å². The van der Waals surface area contributed by atoms with Gasteiger partial charge in [0.05, 0.1) is 0 Å². The Bertz CT molecular complexity index is 347. The predicted octanol–water partition coefficient (Wildman–Crippen LogP) is 3.46. The molecule has 3 nitrogen and oxygen atoms in total. The lowest BCUT2D eigenvalue weighted by atomic mass is 10.2. The fourth-order valence-corrected chi connectivity index (χ4v) is 1.55. The van der Waals surface area contributed by atoms with Crippen LogP contribution in [0.25, 0.3) is 0 Å². The number of halogens is 2. The number of anilines is 1. The molecular formula is C12H18BrFN2O. The third-order valence-electron chi connectivity index (χ3n) is 2.02. The van der Waals surface area contributed by atoms with Gasteiger partial charge in [0, 0.05) is 30.4 Å². The van der Waals surface area contributed by atoms with E-state index in [1.165, 1.54) is 6.07 Å². The summed E-state index contributed by atoms with van der Waals surface area (Å²) in [5.41, 5.74) is 0. The van der Waals surface area contributed by atoms with Crippen molar-refractivity contribution in [3.8, 4) is 0 Å². The van der Waals surface area contributed by atoms with Gasteiger partial charge >= 0.3 is 0 Å². The summed E-state index contributed by atoms with van der Waals surface area (Å²) >= 11 is 3.16. The van der Waals surface area contributed by atoms with E-state index < -0.39 is 0 Å². The highest BCUT2D eigenvalue weighted by atomic mass is 79.9. The second-order valence-corrected chi connectivity index (χ2v) is 5.15. The van der Waals surface area contributed by atoms with Crippen LogP contribution >= 0.6 is 15.9 Å². The summed E-state index contributed by atoms with van der Waals surface area (Å²) in [5.74, 6) is 0.494. The molecule has 0 aliphatic heterocycles. The number of nitrogens with zero attached hydrogens (tertiary/aromatic N) is 1. The zero-order chi connectivity index (χ0) is 12.7. The van der Waals surface area contributed by atoms with E-state index in [9.17, 15) is 4.39 Å². The van der Waals surface area contributed by atoms with Crippen LogP contribution in [0.4, 0.5) is 10.2 Å². The molecule has 0 unspecified atom stereocenters. The maximum absolute atomic E-state index is 13.3. The number of pyridine rings is 1. The van der Waals surface area contributed by atoms with Crippen LogP contribution < -0.4 is 5.32 Å². The Hall–Kier alpha value is -0.680. The lowest BCUT2D eigenvalue weighted by molar-refractivity contribution is 0.110. The molecular weight excluding hydrogens is 287 g/mol. The van der Waals surface area contributed by atoms with Gasteiger partial charge in [-0.1, -0.05) is 13.8 Å². The van der Waals surface area contributed by atoms with Crippen molar-refractivity contribution in [1.29, 1.82) is 0 Å². The molecule has 17 heavy (non-hydrogen) atoms. The van der Waals surface area contributed by atoms with Crippen LogP contribution in [-0.2, 0) is 4.74 Å². The smallest absolute Gasteiger partial charge is 0.166 e.